The third-order valence-electron chi connectivity index (χ3n) is 4.81. The lowest BCUT2D eigenvalue weighted by atomic mass is 9.77. The standard InChI is InChI=1S/C18H15ClN2O2/c19-16-6-2-5-15-13-3-1-4-14(13)17(20-18(15)16)11-7-9-12(10-8-11)21(22)23/h1-3,5-10,13-14,17,20H,4H2/t13-,14+,17+/m1/s1. The Morgan fingerprint density at radius 1 is 1.17 bits per heavy atom. The van der Waals surface area contributed by atoms with Gasteiger partial charge in [-0.2, -0.15) is 0 Å². The van der Waals surface area contributed by atoms with Crippen molar-refractivity contribution >= 4 is 23.0 Å². The molecule has 0 bridgehead atoms. The SMILES string of the molecule is O=[N+]([O-])c1ccc([C@@H]2Nc3c(Cl)cccc3[C@@H]3C=CC[C@@H]32)cc1. The summed E-state index contributed by atoms with van der Waals surface area (Å²) in [6.45, 7) is 0. The molecule has 0 saturated heterocycles. The summed E-state index contributed by atoms with van der Waals surface area (Å²) in [6.07, 6.45) is 5.45. The minimum Gasteiger partial charge on any atom is -0.376 e. The quantitative estimate of drug-likeness (QED) is 0.476. The number of nitro benzene ring substituents is 1. The second-order valence-electron chi connectivity index (χ2n) is 6.03. The molecule has 5 heteroatoms. The predicted molar refractivity (Wildman–Crippen MR) is 90.9 cm³/mol. The minimum atomic E-state index is -0.371. The zero-order valence-electron chi connectivity index (χ0n) is 12.3. The molecule has 0 aromatic heterocycles. The van der Waals surface area contributed by atoms with Crippen LogP contribution in [0.2, 0.25) is 5.02 Å². The van der Waals surface area contributed by atoms with Crippen molar-refractivity contribution in [3.8, 4) is 0 Å². The summed E-state index contributed by atoms with van der Waals surface area (Å²) in [4.78, 5) is 10.5. The zero-order valence-corrected chi connectivity index (χ0v) is 13.0. The van der Waals surface area contributed by atoms with Crippen molar-refractivity contribution in [3.63, 3.8) is 0 Å². The molecule has 1 N–H and O–H groups in total. The highest BCUT2D eigenvalue weighted by Gasteiger charge is 2.38. The topological polar surface area (TPSA) is 55.2 Å². The molecule has 1 aliphatic heterocycles. The molecular weight excluding hydrogens is 312 g/mol. The molecule has 0 unspecified atom stereocenters. The van der Waals surface area contributed by atoms with E-state index in [4.69, 9.17) is 11.6 Å². The van der Waals surface area contributed by atoms with Gasteiger partial charge in [0.15, 0.2) is 0 Å². The molecule has 0 fully saturated rings. The third-order valence-corrected chi connectivity index (χ3v) is 5.12. The van der Waals surface area contributed by atoms with Crippen LogP contribution in [0.4, 0.5) is 11.4 Å². The van der Waals surface area contributed by atoms with Crippen molar-refractivity contribution in [2.75, 3.05) is 5.32 Å². The van der Waals surface area contributed by atoms with Crippen LogP contribution in [0.5, 0.6) is 0 Å². The number of hydrogen-bond acceptors (Lipinski definition) is 3. The fourth-order valence-electron chi connectivity index (χ4n) is 3.72. The van der Waals surface area contributed by atoms with Gasteiger partial charge in [0.05, 0.1) is 21.7 Å². The van der Waals surface area contributed by atoms with Gasteiger partial charge in [0.1, 0.15) is 0 Å². The van der Waals surface area contributed by atoms with Crippen molar-refractivity contribution in [3.05, 3.63) is 80.9 Å². The Bertz CT molecular complexity index is 801. The Labute approximate surface area is 138 Å². The number of hydrogen-bond donors (Lipinski definition) is 1. The van der Waals surface area contributed by atoms with E-state index >= 15 is 0 Å². The largest absolute Gasteiger partial charge is 0.376 e. The number of halogens is 1. The maximum absolute atomic E-state index is 10.8. The van der Waals surface area contributed by atoms with E-state index < -0.39 is 0 Å². The first-order chi connectivity index (χ1) is 11.1. The second kappa shape index (κ2) is 5.39. The van der Waals surface area contributed by atoms with Crippen LogP contribution in [0.25, 0.3) is 0 Å². The van der Waals surface area contributed by atoms with E-state index in [1.165, 1.54) is 5.56 Å². The van der Waals surface area contributed by atoms with Crippen molar-refractivity contribution < 1.29 is 4.92 Å². The van der Waals surface area contributed by atoms with Crippen molar-refractivity contribution in [2.45, 2.75) is 18.4 Å². The van der Waals surface area contributed by atoms with E-state index in [0.29, 0.717) is 16.9 Å². The van der Waals surface area contributed by atoms with Gasteiger partial charge in [0, 0.05) is 18.1 Å². The number of nitrogens with one attached hydrogen (secondary N) is 1. The highest BCUT2D eigenvalue weighted by molar-refractivity contribution is 6.33. The molecule has 2 aromatic carbocycles. The van der Waals surface area contributed by atoms with E-state index in [1.54, 1.807) is 12.1 Å². The maximum atomic E-state index is 10.8. The van der Waals surface area contributed by atoms with Gasteiger partial charge in [-0.3, -0.25) is 10.1 Å². The molecule has 4 nitrogen and oxygen atoms in total. The number of allylic oxidation sites excluding steroid dienone is 2. The molecule has 1 aliphatic carbocycles. The van der Waals surface area contributed by atoms with E-state index in [1.807, 2.05) is 24.3 Å². The summed E-state index contributed by atoms with van der Waals surface area (Å²) in [6, 6.07) is 12.9. The van der Waals surface area contributed by atoms with Gasteiger partial charge in [-0.05, 0) is 29.5 Å². The molecule has 0 radical (unpaired) electrons. The van der Waals surface area contributed by atoms with Crippen LogP contribution < -0.4 is 5.32 Å². The van der Waals surface area contributed by atoms with E-state index in [-0.39, 0.29) is 16.7 Å². The number of fused-ring (bicyclic) bond motifs is 3. The normalized spacial score (nSPS) is 24.7. The van der Waals surface area contributed by atoms with Gasteiger partial charge in [-0.25, -0.2) is 0 Å². The molecule has 3 atom stereocenters. The smallest absolute Gasteiger partial charge is 0.269 e. The Morgan fingerprint density at radius 3 is 2.70 bits per heavy atom. The summed E-state index contributed by atoms with van der Waals surface area (Å²) >= 11 is 6.38. The predicted octanol–water partition coefficient (Wildman–Crippen LogP) is 5.07. The highest BCUT2D eigenvalue weighted by Crippen LogP contribution is 2.51. The molecule has 0 spiro atoms. The van der Waals surface area contributed by atoms with Crippen LogP contribution >= 0.6 is 11.6 Å². The van der Waals surface area contributed by atoms with Crippen LogP contribution in [-0.4, -0.2) is 4.92 Å². The number of para-hydroxylation sites is 1. The molecule has 2 aromatic rings. The molecule has 0 saturated carbocycles. The first kappa shape index (κ1) is 14.3. The summed E-state index contributed by atoms with van der Waals surface area (Å²) in [5, 5.41) is 15.1. The van der Waals surface area contributed by atoms with Crippen molar-refractivity contribution in [1.82, 2.24) is 0 Å². The lowest BCUT2D eigenvalue weighted by Crippen LogP contribution is -2.29. The van der Waals surface area contributed by atoms with Gasteiger partial charge < -0.3 is 5.32 Å². The molecular formula is C18H15ClN2O2. The fourth-order valence-corrected chi connectivity index (χ4v) is 3.95. The van der Waals surface area contributed by atoms with Crippen LogP contribution in [0, 0.1) is 16.0 Å². The average Bonchev–Trinajstić information content (AvgIpc) is 3.04. The second-order valence-corrected chi connectivity index (χ2v) is 6.44. The average molecular weight is 327 g/mol. The van der Waals surface area contributed by atoms with E-state index in [0.717, 1.165) is 17.7 Å². The number of nitro groups is 1. The van der Waals surface area contributed by atoms with Crippen LogP contribution in [0.15, 0.2) is 54.6 Å². The third kappa shape index (κ3) is 2.30. The summed E-state index contributed by atoms with van der Waals surface area (Å²) < 4.78 is 0. The molecule has 116 valence electrons. The summed E-state index contributed by atoms with van der Waals surface area (Å²) in [5.41, 5.74) is 3.38. The van der Waals surface area contributed by atoms with Crippen LogP contribution in [0.1, 0.15) is 29.5 Å². The number of anilines is 1. The molecule has 2 aliphatic rings. The number of nitrogens with zero attached hydrogens (tertiary/aromatic N) is 1. The van der Waals surface area contributed by atoms with Gasteiger partial charge in [0.25, 0.3) is 5.69 Å². The summed E-state index contributed by atoms with van der Waals surface area (Å²) in [7, 11) is 0. The first-order valence-electron chi connectivity index (χ1n) is 7.61. The number of rotatable bonds is 2. The molecule has 4 rings (SSSR count). The van der Waals surface area contributed by atoms with E-state index in [2.05, 4.69) is 23.5 Å². The van der Waals surface area contributed by atoms with Gasteiger partial charge in [-0.1, -0.05) is 48.0 Å². The van der Waals surface area contributed by atoms with Gasteiger partial charge in [0.2, 0.25) is 0 Å². The molecule has 23 heavy (non-hydrogen) atoms. The maximum Gasteiger partial charge on any atom is 0.269 e. The lowest BCUT2D eigenvalue weighted by molar-refractivity contribution is -0.384. The number of non-ortho nitro benzene ring substituents is 1. The fraction of sp³-hybridized carbons (Fsp3) is 0.222. The van der Waals surface area contributed by atoms with Crippen LogP contribution in [0.3, 0.4) is 0 Å². The Balaban J connectivity index is 1.75. The summed E-state index contributed by atoms with van der Waals surface area (Å²) in [5.74, 6) is 0.743. The first-order valence-corrected chi connectivity index (χ1v) is 7.99. The van der Waals surface area contributed by atoms with Crippen LogP contribution in [-0.2, 0) is 0 Å². The van der Waals surface area contributed by atoms with Crippen molar-refractivity contribution in [2.24, 2.45) is 5.92 Å². The van der Waals surface area contributed by atoms with Gasteiger partial charge in [-0.15, -0.1) is 0 Å². The lowest BCUT2D eigenvalue weighted by Gasteiger charge is -2.37. The van der Waals surface area contributed by atoms with Crippen molar-refractivity contribution in [1.29, 1.82) is 0 Å². The van der Waals surface area contributed by atoms with Gasteiger partial charge >= 0.3 is 0 Å². The highest BCUT2D eigenvalue weighted by atomic mass is 35.5. The Kier molecular flexibility index (Phi) is 3.34. The van der Waals surface area contributed by atoms with E-state index in [9.17, 15) is 10.1 Å². The zero-order chi connectivity index (χ0) is 16.0. The Hall–Kier alpha value is -2.33. The molecule has 1 heterocycles. The Morgan fingerprint density at radius 2 is 1.96 bits per heavy atom. The monoisotopic (exact) mass is 326 g/mol. The number of benzene rings is 2. The minimum absolute atomic E-state index is 0.100. The molecule has 0 amide bonds.